The summed E-state index contributed by atoms with van der Waals surface area (Å²) < 4.78 is 32.7. The Morgan fingerprint density at radius 3 is 2.55 bits per heavy atom. The molecule has 0 bridgehead atoms. The van der Waals surface area contributed by atoms with Gasteiger partial charge in [-0.25, -0.2) is 8.42 Å². The zero-order valence-corrected chi connectivity index (χ0v) is 15.6. The molecule has 0 aliphatic carbocycles. The molecule has 0 saturated carbocycles. The molecule has 5 nitrogen and oxygen atoms in total. The normalized spacial score (nSPS) is 19.4. The van der Waals surface area contributed by atoms with Gasteiger partial charge in [-0.2, -0.15) is 4.31 Å². The molecule has 1 aliphatic heterocycles. The monoisotopic (exact) mass is 447 g/mol. The van der Waals surface area contributed by atoms with Crippen molar-refractivity contribution in [1.29, 1.82) is 0 Å². The first-order valence-corrected chi connectivity index (χ1v) is 9.80. The van der Waals surface area contributed by atoms with Crippen LogP contribution in [0.4, 0.5) is 0 Å². The average molecular weight is 449 g/mol. The molecule has 0 radical (unpaired) electrons. The third-order valence-corrected chi connectivity index (χ3v) is 7.81. The smallest absolute Gasteiger partial charge is 0.244 e. The van der Waals surface area contributed by atoms with Crippen molar-refractivity contribution in [3.63, 3.8) is 0 Å². The van der Waals surface area contributed by atoms with E-state index in [1.807, 2.05) is 0 Å². The minimum absolute atomic E-state index is 0.0681. The lowest BCUT2D eigenvalue weighted by Gasteiger charge is -2.34. The Balaban J connectivity index is 2.19. The maximum atomic E-state index is 12.5. The molecule has 0 aromatic carbocycles. The van der Waals surface area contributed by atoms with Gasteiger partial charge in [0.15, 0.2) is 0 Å². The van der Waals surface area contributed by atoms with Gasteiger partial charge < -0.3 is 9.84 Å². The highest BCUT2D eigenvalue weighted by molar-refractivity contribution is 9.12. The van der Waals surface area contributed by atoms with Gasteiger partial charge in [0, 0.05) is 39.6 Å². The molecule has 1 fully saturated rings. The second-order valence-electron chi connectivity index (χ2n) is 4.79. The summed E-state index contributed by atoms with van der Waals surface area (Å²) in [6, 6.07) is 1.56. The Morgan fingerprint density at radius 1 is 1.45 bits per heavy atom. The first-order valence-electron chi connectivity index (χ1n) is 5.96. The molecule has 2 rings (SSSR count). The number of aliphatic hydroxyl groups is 1. The summed E-state index contributed by atoms with van der Waals surface area (Å²) in [6.07, 6.45) is 0.892. The molecule has 1 saturated heterocycles. The molecule has 0 amide bonds. The highest BCUT2D eigenvalue weighted by Gasteiger charge is 2.35. The first-order chi connectivity index (χ1) is 9.24. The molecule has 0 spiro atoms. The maximum absolute atomic E-state index is 12.5. The standard InChI is InChI=1S/C11H15Br2NO4S2/c1-14(7-11(15)2-4-18-5-3-11)20(16,17)8-6-9(12)19-10(8)13/h6,15H,2-5,7H2,1H3. The lowest BCUT2D eigenvalue weighted by Crippen LogP contribution is -2.47. The molecule has 9 heteroatoms. The number of nitrogens with zero attached hydrogens (tertiary/aromatic N) is 1. The summed E-state index contributed by atoms with van der Waals surface area (Å²) in [7, 11) is -2.13. The fraction of sp³-hybridized carbons (Fsp3) is 0.636. The van der Waals surface area contributed by atoms with Crippen molar-refractivity contribution in [1.82, 2.24) is 4.31 Å². The van der Waals surface area contributed by atoms with Crippen molar-refractivity contribution >= 4 is 53.2 Å². The molecule has 1 N–H and O–H groups in total. The second kappa shape index (κ2) is 6.31. The Morgan fingerprint density at radius 2 is 2.05 bits per heavy atom. The summed E-state index contributed by atoms with van der Waals surface area (Å²) in [5.74, 6) is 0. The van der Waals surface area contributed by atoms with E-state index in [4.69, 9.17) is 4.74 Å². The summed E-state index contributed by atoms with van der Waals surface area (Å²) in [4.78, 5) is 0.215. The van der Waals surface area contributed by atoms with Crippen LogP contribution in [0.1, 0.15) is 12.8 Å². The van der Waals surface area contributed by atoms with Gasteiger partial charge >= 0.3 is 0 Å². The third kappa shape index (κ3) is 3.63. The van der Waals surface area contributed by atoms with Crippen molar-refractivity contribution in [2.75, 3.05) is 26.8 Å². The van der Waals surface area contributed by atoms with Crippen molar-refractivity contribution < 1.29 is 18.3 Å². The number of rotatable bonds is 4. The minimum atomic E-state index is -3.62. The predicted octanol–water partition coefficient (Wildman–Crippen LogP) is 2.44. The largest absolute Gasteiger partial charge is 0.388 e. The van der Waals surface area contributed by atoms with Gasteiger partial charge in [-0.3, -0.25) is 0 Å². The molecule has 114 valence electrons. The molecular formula is C11H15Br2NO4S2. The fourth-order valence-electron chi connectivity index (χ4n) is 2.08. The molecule has 1 aromatic heterocycles. The summed E-state index contributed by atoms with van der Waals surface area (Å²) in [5, 5.41) is 10.4. The number of sulfonamides is 1. The van der Waals surface area contributed by atoms with Crippen LogP contribution >= 0.6 is 43.2 Å². The number of hydrogen-bond donors (Lipinski definition) is 1. The van der Waals surface area contributed by atoms with Crippen LogP contribution in [-0.4, -0.2) is 50.2 Å². The number of halogens is 2. The van der Waals surface area contributed by atoms with Gasteiger partial charge in [0.1, 0.15) is 4.90 Å². The van der Waals surface area contributed by atoms with E-state index in [1.165, 1.54) is 22.7 Å². The predicted molar refractivity (Wildman–Crippen MR) is 84.5 cm³/mol. The molecule has 20 heavy (non-hydrogen) atoms. The van der Waals surface area contributed by atoms with Crippen molar-refractivity contribution in [2.45, 2.75) is 23.3 Å². The van der Waals surface area contributed by atoms with Gasteiger partial charge in [0.2, 0.25) is 10.0 Å². The minimum Gasteiger partial charge on any atom is -0.388 e. The number of hydrogen-bond acceptors (Lipinski definition) is 5. The van der Waals surface area contributed by atoms with E-state index in [0.717, 1.165) is 3.79 Å². The quantitative estimate of drug-likeness (QED) is 0.768. The average Bonchev–Trinajstić information content (AvgIpc) is 2.69. The van der Waals surface area contributed by atoms with Crippen LogP contribution in [0.25, 0.3) is 0 Å². The molecule has 2 heterocycles. The maximum Gasteiger partial charge on any atom is 0.244 e. The number of likely N-dealkylation sites (N-methyl/N-ethyl adjacent to an activating group) is 1. The molecule has 1 aliphatic rings. The van der Waals surface area contributed by atoms with Gasteiger partial charge in [0.05, 0.1) is 13.2 Å². The van der Waals surface area contributed by atoms with Crippen molar-refractivity contribution in [3.05, 3.63) is 13.6 Å². The van der Waals surface area contributed by atoms with Crippen LogP contribution in [0.2, 0.25) is 0 Å². The van der Waals surface area contributed by atoms with E-state index < -0.39 is 15.6 Å². The Labute approximate surface area is 139 Å². The van der Waals surface area contributed by atoms with Crippen LogP contribution in [-0.2, 0) is 14.8 Å². The van der Waals surface area contributed by atoms with E-state index in [2.05, 4.69) is 31.9 Å². The van der Waals surface area contributed by atoms with Gasteiger partial charge in [-0.1, -0.05) is 0 Å². The summed E-state index contributed by atoms with van der Waals surface area (Å²) in [5.41, 5.74) is -1.01. The highest BCUT2D eigenvalue weighted by Crippen LogP contribution is 2.36. The van der Waals surface area contributed by atoms with E-state index in [1.54, 1.807) is 6.07 Å². The lowest BCUT2D eigenvalue weighted by molar-refractivity contribution is -0.0689. The molecule has 0 unspecified atom stereocenters. The zero-order chi connectivity index (χ0) is 15.0. The number of thiophene rings is 1. The van der Waals surface area contributed by atoms with Gasteiger partial charge in [0.25, 0.3) is 0 Å². The van der Waals surface area contributed by atoms with Crippen LogP contribution < -0.4 is 0 Å². The number of ether oxygens (including phenoxy) is 1. The highest BCUT2D eigenvalue weighted by atomic mass is 79.9. The van der Waals surface area contributed by atoms with Gasteiger partial charge in [-0.15, -0.1) is 11.3 Å². The second-order valence-corrected chi connectivity index (χ2v) is 10.5. The van der Waals surface area contributed by atoms with Crippen LogP contribution in [0.3, 0.4) is 0 Å². The lowest BCUT2D eigenvalue weighted by atomic mass is 9.95. The SMILES string of the molecule is CN(CC1(O)CCOCC1)S(=O)(=O)c1cc(Br)sc1Br. The van der Waals surface area contributed by atoms with Crippen molar-refractivity contribution in [2.24, 2.45) is 0 Å². The molecular weight excluding hydrogens is 434 g/mol. The van der Waals surface area contributed by atoms with Gasteiger partial charge in [-0.05, 0) is 37.9 Å². The Hall–Kier alpha value is 0.490. The topological polar surface area (TPSA) is 66.8 Å². The summed E-state index contributed by atoms with van der Waals surface area (Å²) in [6.45, 7) is 0.981. The fourth-order valence-corrected chi connectivity index (χ4v) is 7.09. The molecule has 1 aromatic rings. The van der Waals surface area contributed by atoms with E-state index in [9.17, 15) is 13.5 Å². The van der Waals surface area contributed by atoms with Crippen LogP contribution in [0, 0.1) is 0 Å². The Bertz CT molecular complexity index is 581. The van der Waals surface area contributed by atoms with E-state index in [-0.39, 0.29) is 11.4 Å². The van der Waals surface area contributed by atoms with Crippen LogP contribution in [0.15, 0.2) is 18.5 Å². The Kier molecular flexibility index (Phi) is 5.32. The van der Waals surface area contributed by atoms with E-state index in [0.29, 0.717) is 29.8 Å². The third-order valence-electron chi connectivity index (χ3n) is 3.25. The first kappa shape index (κ1) is 16.9. The molecule has 0 atom stereocenters. The van der Waals surface area contributed by atoms with Crippen molar-refractivity contribution in [3.8, 4) is 0 Å². The zero-order valence-electron chi connectivity index (χ0n) is 10.8. The van der Waals surface area contributed by atoms with E-state index >= 15 is 0 Å². The summed E-state index contributed by atoms with van der Waals surface area (Å²) >= 11 is 7.84. The van der Waals surface area contributed by atoms with Crippen LogP contribution in [0.5, 0.6) is 0 Å².